The Labute approximate surface area is 225 Å². The quantitative estimate of drug-likeness (QED) is 0.323. The van der Waals surface area contributed by atoms with Gasteiger partial charge in [0.1, 0.15) is 36.1 Å². The van der Waals surface area contributed by atoms with Gasteiger partial charge < -0.3 is 33.9 Å². The van der Waals surface area contributed by atoms with Crippen LogP contribution in [0.3, 0.4) is 0 Å². The van der Waals surface area contributed by atoms with E-state index in [2.05, 4.69) is 13.8 Å². The van der Waals surface area contributed by atoms with Gasteiger partial charge >= 0.3 is 5.97 Å². The van der Waals surface area contributed by atoms with E-state index in [4.69, 9.17) is 23.7 Å². The van der Waals surface area contributed by atoms with Gasteiger partial charge in [0.15, 0.2) is 6.29 Å². The summed E-state index contributed by atoms with van der Waals surface area (Å²) >= 11 is 0. The van der Waals surface area contributed by atoms with E-state index in [0.29, 0.717) is 24.4 Å². The Morgan fingerprint density at radius 3 is 2.58 bits per heavy atom. The molecule has 0 radical (unpaired) electrons. The molecule has 212 valence electrons. The lowest BCUT2D eigenvalue weighted by Crippen LogP contribution is -2.60. The second-order valence-electron chi connectivity index (χ2n) is 13.9. The van der Waals surface area contributed by atoms with Gasteiger partial charge in [-0.2, -0.15) is 0 Å². The van der Waals surface area contributed by atoms with E-state index in [1.165, 1.54) is 19.1 Å². The molecule has 8 nitrogen and oxygen atoms in total. The molecule has 6 fully saturated rings. The predicted molar refractivity (Wildman–Crippen MR) is 136 cm³/mol. The molecule has 0 aromatic heterocycles. The van der Waals surface area contributed by atoms with Crippen molar-refractivity contribution >= 4 is 5.97 Å². The van der Waals surface area contributed by atoms with Crippen molar-refractivity contribution in [2.24, 2.45) is 28.6 Å². The van der Waals surface area contributed by atoms with Crippen LogP contribution in [-0.2, 0) is 28.5 Å². The number of carbonyl (C=O) groups is 1. The zero-order valence-electron chi connectivity index (χ0n) is 23.2. The lowest BCUT2D eigenvalue weighted by atomic mass is 9.44. The summed E-state index contributed by atoms with van der Waals surface area (Å²) in [6.07, 6.45) is 7.59. The number of carbonyl (C=O) groups excluding carboxylic acids is 1. The molecule has 2 spiro atoms. The smallest absolute Gasteiger partial charge is 0.331 e. The SMILES string of the molecule is COC1C(O)C(C)OC(OC2CC[C@@]3(C)[C@H](CC[C@@]45O[C@@]46CC[C@H](C4=CC(=O)OC4)[C@@]6(C)CC[C@H]35)C2)C1O. The van der Waals surface area contributed by atoms with Crippen molar-refractivity contribution in [2.75, 3.05) is 13.7 Å². The van der Waals surface area contributed by atoms with E-state index in [0.717, 1.165) is 51.4 Å². The first kappa shape index (κ1) is 25.9. The summed E-state index contributed by atoms with van der Waals surface area (Å²) in [5.74, 6) is 1.28. The Morgan fingerprint density at radius 2 is 1.84 bits per heavy atom. The first-order valence-electron chi connectivity index (χ1n) is 14.9. The third-order valence-electron chi connectivity index (χ3n) is 12.6. The fraction of sp³-hybridized carbons (Fsp3) is 0.900. The van der Waals surface area contributed by atoms with E-state index in [1.54, 1.807) is 13.0 Å². The first-order valence-corrected chi connectivity index (χ1v) is 14.9. The van der Waals surface area contributed by atoms with E-state index in [-0.39, 0.29) is 34.1 Å². The number of fused-ring (bicyclic) bond motifs is 2. The summed E-state index contributed by atoms with van der Waals surface area (Å²) in [6.45, 7) is 7.18. The molecule has 4 saturated carbocycles. The summed E-state index contributed by atoms with van der Waals surface area (Å²) in [5, 5.41) is 21.1. The van der Waals surface area contributed by atoms with Gasteiger partial charge in [-0.1, -0.05) is 13.8 Å². The molecule has 0 bridgehead atoms. The molecular weight excluding hydrogens is 488 g/mol. The normalized spacial score (nSPS) is 57.3. The topological polar surface area (TPSA) is 107 Å². The summed E-state index contributed by atoms with van der Waals surface area (Å²) in [6, 6.07) is 0. The molecular formula is C30H44O8. The number of ether oxygens (including phenoxy) is 5. The fourth-order valence-corrected chi connectivity index (χ4v) is 10.6. The summed E-state index contributed by atoms with van der Waals surface area (Å²) in [5.41, 5.74) is 1.36. The minimum Gasteiger partial charge on any atom is -0.458 e. The number of esters is 1. The van der Waals surface area contributed by atoms with Crippen LogP contribution in [0.1, 0.15) is 78.6 Å². The van der Waals surface area contributed by atoms with Crippen molar-refractivity contribution < 1.29 is 38.7 Å². The Morgan fingerprint density at radius 1 is 1.03 bits per heavy atom. The largest absolute Gasteiger partial charge is 0.458 e. The van der Waals surface area contributed by atoms with Gasteiger partial charge in [0.2, 0.25) is 0 Å². The number of epoxide rings is 1. The minimum atomic E-state index is -1.02. The van der Waals surface area contributed by atoms with Crippen molar-refractivity contribution in [3.63, 3.8) is 0 Å². The maximum absolute atomic E-state index is 11.8. The highest BCUT2D eigenvalue weighted by atomic mass is 16.7. The monoisotopic (exact) mass is 532 g/mol. The minimum absolute atomic E-state index is 0.0207. The zero-order valence-corrected chi connectivity index (χ0v) is 23.2. The van der Waals surface area contributed by atoms with Gasteiger partial charge in [0.05, 0.1) is 12.2 Å². The maximum atomic E-state index is 11.8. The third-order valence-corrected chi connectivity index (χ3v) is 12.6. The number of hydrogen-bond acceptors (Lipinski definition) is 8. The Bertz CT molecular complexity index is 1030. The standard InChI is InChI=1S/C30H44O8/c1-16-23(32)25(34-4)24(33)26(36-16)37-19-6-9-27(2)18(14-19)5-11-29-21(27)8-10-28(3)20(7-12-30(28,29)38-29)17-13-22(31)35-15-17/h13,16,18-21,23-26,32-33H,5-12,14-15H2,1-4H3/t16?,18-,19?,20-,21-,23?,24?,25?,26?,27+,28-,29+,30-/m1/s1. The maximum Gasteiger partial charge on any atom is 0.331 e. The van der Waals surface area contributed by atoms with Crippen LogP contribution in [0.2, 0.25) is 0 Å². The Balaban J connectivity index is 1.07. The third kappa shape index (κ3) is 3.22. The zero-order chi connectivity index (χ0) is 26.7. The van der Waals surface area contributed by atoms with E-state index >= 15 is 0 Å². The Kier molecular flexibility index (Phi) is 5.79. The first-order chi connectivity index (χ1) is 18.1. The van der Waals surface area contributed by atoms with Gasteiger partial charge in [-0.25, -0.2) is 4.79 Å². The second kappa shape index (κ2) is 8.49. The molecule has 7 aliphatic rings. The predicted octanol–water partition coefficient (Wildman–Crippen LogP) is 3.27. The van der Waals surface area contributed by atoms with Crippen LogP contribution in [0.5, 0.6) is 0 Å². The molecule has 2 saturated heterocycles. The molecule has 0 aromatic rings. The summed E-state index contributed by atoms with van der Waals surface area (Å²) in [7, 11) is 1.50. The number of hydrogen-bond donors (Lipinski definition) is 2. The molecule has 6 unspecified atom stereocenters. The molecule has 4 aliphatic carbocycles. The molecule has 3 aliphatic heterocycles. The van der Waals surface area contributed by atoms with Gasteiger partial charge in [-0.15, -0.1) is 0 Å². The lowest BCUT2D eigenvalue weighted by molar-refractivity contribution is -0.312. The van der Waals surface area contributed by atoms with Crippen LogP contribution in [0, 0.1) is 28.6 Å². The average Bonchev–Trinajstić information content (AvgIpc) is 3.20. The molecule has 2 N–H and O–H groups in total. The fourth-order valence-electron chi connectivity index (χ4n) is 10.6. The summed E-state index contributed by atoms with van der Waals surface area (Å²) in [4.78, 5) is 11.8. The molecule has 38 heavy (non-hydrogen) atoms. The van der Waals surface area contributed by atoms with Gasteiger partial charge in [-0.3, -0.25) is 0 Å². The van der Waals surface area contributed by atoms with Crippen molar-refractivity contribution in [1.82, 2.24) is 0 Å². The number of aliphatic hydroxyl groups excluding tert-OH is 2. The van der Waals surface area contributed by atoms with Crippen LogP contribution < -0.4 is 0 Å². The second-order valence-corrected chi connectivity index (χ2v) is 13.9. The summed E-state index contributed by atoms with van der Waals surface area (Å²) < 4.78 is 30.0. The highest BCUT2D eigenvalue weighted by Gasteiger charge is 2.86. The van der Waals surface area contributed by atoms with E-state index < -0.39 is 30.7 Å². The van der Waals surface area contributed by atoms with Gasteiger partial charge in [0, 0.05) is 18.6 Å². The molecule has 7 rings (SSSR count). The van der Waals surface area contributed by atoms with Crippen LogP contribution in [0.25, 0.3) is 0 Å². The average molecular weight is 533 g/mol. The molecule has 13 atom stereocenters. The number of rotatable bonds is 4. The lowest BCUT2D eigenvalue weighted by Gasteiger charge is -2.58. The van der Waals surface area contributed by atoms with Gasteiger partial charge in [-0.05, 0) is 93.5 Å². The highest BCUT2D eigenvalue weighted by molar-refractivity contribution is 5.85. The number of methoxy groups -OCH3 is 1. The van der Waals surface area contributed by atoms with Crippen molar-refractivity contribution in [3.05, 3.63) is 11.6 Å². The molecule has 0 amide bonds. The van der Waals surface area contributed by atoms with Crippen LogP contribution in [0.15, 0.2) is 11.6 Å². The van der Waals surface area contributed by atoms with E-state index in [1.807, 2.05) is 0 Å². The van der Waals surface area contributed by atoms with Crippen molar-refractivity contribution in [1.29, 1.82) is 0 Å². The molecule has 3 heterocycles. The van der Waals surface area contributed by atoms with Crippen LogP contribution >= 0.6 is 0 Å². The van der Waals surface area contributed by atoms with Crippen molar-refractivity contribution in [2.45, 2.75) is 127 Å². The Hall–Kier alpha value is -1.03. The number of cyclic esters (lactones) is 1. The van der Waals surface area contributed by atoms with Crippen molar-refractivity contribution in [3.8, 4) is 0 Å². The van der Waals surface area contributed by atoms with Crippen LogP contribution in [0.4, 0.5) is 0 Å². The van der Waals surface area contributed by atoms with Crippen LogP contribution in [-0.4, -0.2) is 77.9 Å². The molecule has 8 heteroatoms. The van der Waals surface area contributed by atoms with Gasteiger partial charge in [0.25, 0.3) is 0 Å². The highest BCUT2D eigenvalue weighted by Crippen LogP contribution is 2.81. The number of aliphatic hydroxyl groups is 2. The van der Waals surface area contributed by atoms with E-state index in [9.17, 15) is 15.0 Å². The molecule has 0 aromatic carbocycles.